The molecule has 2 aromatic heterocycles. The fraction of sp³-hybridized carbons (Fsp3) is 0.133. The molecule has 0 amide bonds. The number of benzene rings is 1. The Kier molecular flexibility index (Phi) is 2.52. The Hall–Kier alpha value is -2.29. The van der Waals surface area contributed by atoms with Crippen molar-refractivity contribution < 1.29 is 4.57 Å². The number of rotatable bonds is 1. The summed E-state index contributed by atoms with van der Waals surface area (Å²) in [7, 11) is 2.05. The monoisotopic (exact) mass is 236 g/mol. The summed E-state index contributed by atoms with van der Waals surface area (Å²) in [4.78, 5) is 8.43. The minimum Gasteiger partial charge on any atom is -0.244 e. The van der Waals surface area contributed by atoms with Gasteiger partial charge in [-0.15, -0.1) is 0 Å². The summed E-state index contributed by atoms with van der Waals surface area (Å²) in [5.74, 6) is 0. The van der Waals surface area contributed by atoms with Gasteiger partial charge in [-0.1, -0.05) is 6.07 Å². The number of hydrogen-bond donors (Lipinski definition) is 0. The molecular formula is C15H14N3+. The highest BCUT2D eigenvalue weighted by Gasteiger charge is 2.13. The molecule has 0 unspecified atom stereocenters. The van der Waals surface area contributed by atoms with E-state index in [1.165, 1.54) is 16.8 Å². The number of fused-ring (bicyclic) bond motifs is 1. The Balaban J connectivity index is 2.31. The fourth-order valence-electron chi connectivity index (χ4n) is 2.28. The van der Waals surface area contributed by atoms with Crippen molar-refractivity contribution in [3.8, 4) is 11.3 Å². The summed E-state index contributed by atoms with van der Waals surface area (Å²) in [5.41, 5.74) is 4.61. The molecule has 0 aliphatic rings. The van der Waals surface area contributed by atoms with Gasteiger partial charge >= 0.3 is 0 Å². The van der Waals surface area contributed by atoms with Crippen LogP contribution in [0.3, 0.4) is 0 Å². The van der Waals surface area contributed by atoms with Crippen LogP contribution in [0.4, 0.5) is 0 Å². The van der Waals surface area contributed by atoms with Crippen molar-refractivity contribution >= 4 is 10.9 Å². The van der Waals surface area contributed by atoms with Crippen molar-refractivity contribution in [1.29, 1.82) is 0 Å². The Morgan fingerprint density at radius 2 is 2.00 bits per heavy atom. The molecule has 0 spiro atoms. The molecule has 0 bridgehead atoms. The van der Waals surface area contributed by atoms with Gasteiger partial charge in [-0.3, -0.25) is 0 Å². The number of aromatic nitrogens is 3. The average molecular weight is 236 g/mol. The first kappa shape index (κ1) is 10.8. The summed E-state index contributed by atoms with van der Waals surface area (Å²) >= 11 is 0. The van der Waals surface area contributed by atoms with Crippen LogP contribution in [-0.4, -0.2) is 9.97 Å². The third kappa shape index (κ3) is 1.64. The van der Waals surface area contributed by atoms with Crippen molar-refractivity contribution in [2.75, 3.05) is 0 Å². The number of hydrogen-bond acceptors (Lipinski definition) is 2. The van der Waals surface area contributed by atoms with Crippen molar-refractivity contribution in [2.24, 2.45) is 7.05 Å². The van der Waals surface area contributed by atoms with Crippen LogP contribution >= 0.6 is 0 Å². The standard InChI is InChI=1S/C15H14N3/c1-11-13(14-5-3-4-8-18(14)2)7-6-12-9-16-10-17-15(11)12/h3-10H,1-2H3/q+1. The zero-order valence-electron chi connectivity index (χ0n) is 10.5. The lowest BCUT2D eigenvalue weighted by molar-refractivity contribution is -0.660. The first-order valence-corrected chi connectivity index (χ1v) is 5.92. The molecule has 3 rings (SSSR count). The predicted octanol–water partition coefficient (Wildman–Crippen LogP) is 2.43. The molecule has 2 heterocycles. The maximum Gasteiger partial charge on any atom is 0.212 e. The number of pyridine rings is 1. The second kappa shape index (κ2) is 4.18. The Morgan fingerprint density at radius 3 is 2.83 bits per heavy atom. The van der Waals surface area contributed by atoms with Crippen LogP contribution in [0.2, 0.25) is 0 Å². The molecule has 1 aromatic carbocycles. The van der Waals surface area contributed by atoms with Gasteiger partial charge in [0.2, 0.25) is 5.69 Å². The highest BCUT2D eigenvalue weighted by atomic mass is 14.9. The third-order valence-corrected chi connectivity index (χ3v) is 3.26. The van der Waals surface area contributed by atoms with E-state index >= 15 is 0 Å². The Morgan fingerprint density at radius 1 is 1.11 bits per heavy atom. The molecule has 3 nitrogen and oxygen atoms in total. The van der Waals surface area contributed by atoms with Gasteiger partial charge in [-0.25, -0.2) is 14.5 Å². The van der Waals surface area contributed by atoms with E-state index in [-0.39, 0.29) is 0 Å². The lowest BCUT2D eigenvalue weighted by Gasteiger charge is -2.06. The molecule has 18 heavy (non-hydrogen) atoms. The van der Waals surface area contributed by atoms with Crippen molar-refractivity contribution in [3.63, 3.8) is 0 Å². The summed E-state index contributed by atoms with van der Waals surface area (Å²) in [6.45, 7) is 2.11. The first-order chi connectivity index (χ1) is 8.77. The molecule has 0 fully saturated rings. The van der Waals surface area contributed by atoms with Gasteiger partial charge in [0.05, 0.1) is 11.1 Å². The summed E-state index contributed by atoms with van der Waals surface area (Å²) in [6.07, 6.45) is 5.51. The highest BCUT2D eigenvalue weighted by Crippen LogP contribution is 2.25. The summed E-state index contributed by atoms with van der Waals surface area (Å²) in [6, 6.07) is 10.4. The molecule has 0 atom stereocenters. The quantitative estimate of drug-likeness (QED) is 0.607. The molecule has 0 aliphatic heterocycles. The maximum atomic E-state index is 4.38. The molecule has 0 N–H and O–H groups in total. The van der Waals surface area contributed by atoms with E-state index in [1.807, 2.05) is 12.3 Å². The minimum absolute atomic E-state index is 1.02. The molecule has 0 aliphatic carbocycles. The van der Waals surface area contributed by atoms with E-state index in [1.54, 1.807) is 6.33 Å². The van der Waals surface area contributed by atoms with Gasteiger partial charge in [-0.2, -0.15) is 0 Å². The van der Waals surface area contributed by atoms with Crippen LogP contribution in [0, 0.1) is 6.92 Å². The molecule has 3 heteroatoms. The van der Waals surface area contributed by atoms with E-state index in [4.69, 9.17) is 0 Å². The first-order valence-electron chi connectivity index (χ1n) is 5.92. The van der Waals surface area contributed by atoms with E-state index in [9.17, 15) is 0 Å². The predicted molar refractivity (Wildman–Crippen MR) is 70.9 cm³/mol. The van der Waals surface area contributed by atoms with Gasteiger partial charge in [0.15, 0.2) is 6.20 Å². The van der Waals surface area contributed by atoms with Crippen LogP contribution in [0.15, 0.2) is 49.1 Å². The lowest BCUT2D eigenvalue weighted by atomic mass is 10.0. The van der Waals surface area contributed by atoms with Crippen molar-refractivity contribution in [1.82, 2.24) is 9.97 Å². The molecule has 88 valence electrons. The van der Waals surface area contributed by atoms with E-state index in [0.29, 0.717) is 0 Å². The van der Waals surface area contributed by atoms with Gasteiger partial charge in [0.25, 0.3) is 0 Å². The normalized spacial score (nSPS) is 10.8. The van der Waals surface area contributed by atoms with Crippen LogP contribution < -0.4 is 4.57 Å². The molecule has 3 aromatic rings. The van der Waals surface area contributed by atoms with E-state index in [0.717, 1.165) is 10.9 Å². The summed E-state index contributed by atoms with van der Waals surface area (Å²) in [5, 5.41) is 1.08. The zero-order valence-corrected chi connectivity index (χ0v) is 10.5. The van der Waals surface area contributed by atoms with Gasteiger partial charge in [-0.05, 0) is 24.6 Å². The summed E-state index contributed by atoms with van der Waals surface area (Å²) < 4.78 is 2.12. The number of aryl methyl sites for hydroxylation is 2. The van der Waals surface area contributed by atoms with Crippen LogP contribution in [0.25, 0.3) is 22.2 Å². The van der Waals surface area contributed by atoms with Gasteiger partial charge in [0.1, 0.15) is 13.4 Å². The van der Waals surface area contributed by atoms with Crippen LogP contribution in [0.5, 0.6) is 0 Å². The van der Waals surface area contributed by atoms with E-state index < -0.39 is 0 Å². The SMILES string of the molecule is Cc1c(-c2cccc[n+]2C)ccc2cncnc12. The average Bonchev–Trinajstić information content (AvgIpc) is 2.41. The zero-order chi connectivity index (χ0) is 12.5. The van der Waals surface area contributed by atoms with Crippen LogP contribution in [0.1, 0.15) is 5.56 Å². The maximum absolute atomic E-state index is 4.38. The minimum atomic E-state index is 1.02. The van der Waals surface area contributed by atoms with Crippen LogP contribution in [-0.2, 0) is 7.05 Å². The topological polar surface area (TPSA) is 29.7 Å². The molecule has 0 saturated carbocycles. The molecule has 0 radical (unpaired) electrons. The number of nitrogens with zero attached hydrogens (tertiary/aromatic N) is 3. The van der Waals surface area contributed by atoms with Gasteiger partial charge < -0.3 is 0 Å². The smallest absolute Gasteiger partial charge is 0.212 e. The second-order valence-corrected chi connectivity index (χ2v) is 4.40. The molecule has 0 saturated heterocycles. The third-order valence-electron chi connectivity index (χ3n) is 3.26. The largest absolute Gasteiger partial charge is 0.244 e. The Bertz CT molecular complexity index is 720. The van der Waals surface area contributed by atoms with Gasteiger partial charge in [0, 0.05) is 23.7 Å². The van der Waals surface area contributed by atoms with Crippen molar-refractivity contribution in [3.05, 3.63) is 54.6 Å². The Labute approximate surface area is 106 Å². The fourth-order valence-corrected chi connectivity index (χ4v) is 2.28. The highest BCUT2D eigenvalue weighted by molar-refractivity contribution is 5.86. The second-order valence-electron chi connectivity index (χ2n) is 4.40. The lowest BCUT2D eigenvalue weighted by Crippen LogP contribution is -2.30. The molecular weight excluding hydrogens is 222 g/mol. The van der Waals surface area contributed by atoms with Crippen molar-refractivity contribution in [2.45, 2.75) is 6.92 Å². The van der Waals surface area contributed by atoms with E-state index in [2.05, 4.69) is 59.0 Å².